The van der Waals surface area contributed by atoms with Crippen molar-refractivity contribution in [2.75, 3.05) is 0 Å². The summed E-state index contributed by atoms with van der Waals surface area (Å²) in [5.74, 6) is 0. The Labute approximate surface area is 70.8 Å². The summed E-state index contributed by atoms with van der Waals surface area (Å²) < 4.78 is 0. The highest BCUT2D eigenvalue weighted by atomic mass is 33.1. The Bertz CT molecular complexity index is 231. The summed E-state index contributed by atoms with van der Waals surface area (Å²) in [6.07, 6.45) is 0. The van der Waals surface area contributed by atoms with Gasteiger partial charge in [0.1, 0.15) is 0 Å². The first kappa shape index (κ1) is 8.02. The molecule has 0 aliphatic carbocycles. The molecule has 2 heteroatoms. The molecule has 0 nitrogen and oxygen atoms in total. The first-order chi connectivity index (χ1) is 4.74. The minimum absolute atomic E-state index is 1.21. The molecule has 0 saturated heterocycles. The monoisotopic (exact) mass is 170 g/mol. The van der Waals surface area contributed by atoms with Crippen LogP contribution in [0.5, 0.6) is 0 Å². The molecule has 0 amide bonds. The van der Waals surface area contributed by atoms with Crippen molar-refractivity contribution < 1.29 is 0 Å². The molecule has 54 valence electrons. The smallest absolute Gasteiger partial charge is 0.0183 e. The van der Waals surface area contributed by atoms with Gasteiger partial charge in [-0.05, 0) is 37.1 Å². The van der Waals surface area contributed by atoms with Crippen molar-refractivity contribution in [1.82, 2.24) is 0 Å². The maximum absolute atomic E-state index is 4.11. The largest absolute Gasteiger partial charge is 0.106 e. The van der Waals surface area contributed by atoms with Gasteiger partial charge in [-0.15, -0.1) is 11.7 Å². The third kappa shape index (κ3) is 1.70. The summed E-state index contributed by atoms with van der Waals surface area (Å²) in [4.78, 5) is 1.21. The highest BCUT2D eigenvalue weighted by Crippen LogP contribution is 2.23. The van der Waals surface area contributed by atoms with Crippen LogP contribution in [0.4, 0.5) is 0 Å². The Balaban J connectivity index is 3.04. The van der Waals surface area contributed by atoms with Crippen LogP contribution in [0.15, 0.2) is 23.1 Å². The van der Waals surface area contributed by atoms with Gasteiger partial charge < -0.3 is 0 Å². The zero-order chi connectivity index (χ0) is 7.56. The van der Waals surface area contributed by atoms with Gasteiger partial charge in [0, 0.05) is 4.90 Å². The number of aryl methyl sites for hydroxylation is 2. The first-order valence-corrected chi connectivity index (χ1v) is 4.99. The van der Waals surface area contributed by atoms with E-state index >= 15 is 0 Å². The lowest BCUT2D eigenvalue weighted by molar-refractivity contribution is 1.28. The van der Waals surface area contributed by atoms with Gasteiger partial charge in [0.05, 0.1) is 0 Å². The summed E-state index contributed by atoms with van der Waals surface area (Å²) in [5.41, 5.74) is 2.67. The Morgan fingerprint density at radius 1 is 1.20 bits per heavy atom. The van der Waals surface area contributed by atoms with Crippen LogP contribution in [0.25, 0.3) is 0 Å². The third-order valence-corrected chi connectivity index (χ3v) is 2.68. The summed E-state index contributed by atoms with van der Waals surface area (Å²) in [7, 11) is 1.49. The van der Waals surface area contributed by atoms with Gasteiger partial charge in [-0.2, -0.15) is 0 Å². The second-order valence-electron chi connectivity index (χ2n) is 2.34. The summed E-state index contributed by atoms with van der Waals surface area (Å²) in [5, 5.41) is 0. The number of benzene rings is 1. The van der Waals surface area contributed by atoms with Crippen LogP contribution >= 0.6 is 22.5 Å². The second-order valence-corrected chi connectivity index (χ2v) is 3.54. The van der Waals surface area contributed by atoms with E-state index in [2.05, 4.69) is 43.7 Å². The molecule has 0 N–H and O–H groups in total. The van der Waals surface area contributed by atoms with Gasteiger partial charge >= 0.3 is 0 Å². The Kier molecular flexibility index (Phi) is 2.69. The number of hydrogen-bond acceptors (Lipinski definition) is 2. The maximum atomic E-state index is 4.11. The van der Waals surface area contributed by atoms with Crippen LogP contribution in [0, 0.1) is 13.8 Å². The van der Waals surface area contributed by atoms with Crippen molar-refractivity contribution in [2.24, 2.45) is 0 Å². The van der Waals surface area contributed by atoms with E-state index in [1.165, 1.54) is 26.8 Å². The molecule has 0 spiro atoms. The van der Waals surface area contributed by atoms with Gasteiger partial charge in [-0.3, -0.25) is 0 Å². The van der Waals surface area contributed by atoms with E-state index in [-0.39, 0.29) is 0 Å². The normalized spacial score (nSPS) is 9.90. The standard InChI is InChI=1S/C8H10S2/c1-6-3-4-8(10-9)5-7(6)2/h3-5,9H,1-2H3. The molecule has 0 unspecified atom stereocenters. The van der Waals surface area contributed by atoms with E-state index in [1.807, 2.05) is 0 Å². The number of thiol groups is 1. The zero-order valence-electron chi connectivity index (χ0n) is 6.09. The third-order valence-electron chi connectivity index (χ3n) is 1.58. The van der Waals surface area contributed by atoms with Gasteiger partial charge in [-0.25, -0.2) is 0 Å². The fraction of sp³-hybridized carbons (Fsp3) is 0.250. The fourth-order valence-corrected chi connectivity index (χ4v) is 1.47. The van der Waals surface area contributed by atoms with E-state index in [0.29, 0.717) is 0 Å². The quantitative estimate of drug-likeness (QED) is 0.498. The number of hydrogen-bond donors (Lipinski definition) is 1. The molecule has 1 rings (SSSR count). The van der Waals surface area contributed by atoms with Crippen LogP contribution in [0.2, 0.25) is 0 Å². The van der Waals surface area contributed by atoms with E-state index in [9.17, 15) is 0 Å². The molecule has 1 aromatic carbocycles. The predicted molar refractivity (Wildman–Crippen MR) is 50.8 cm³/mol. The highest BCUT2D eigenvalue weighted by molar-refractivity contribution is 8.68. The lowest BCUT2D eigenvalue weighted by Gasteiger charge is -2.00. The molecule has 10 heavy (non-hydrogen) atoms. The van der Waals surface area contributed by atoms with E-state index in [4.69, 9.17) is 0 Å². The highest BCUT2D eigenvalue weighted by Gasteiger charge is 1.93. The van der Waals surface area contributed by atoms with Gasteiger partial charge in [0.15, 0.2) is 0 Å². The van der Waals surface area contributed by atoms with Gasteiger partial charge in [-0.1, -0.05) is 16.9 Å². The summed E-state index contributed by atoms with van der Waals surface area (Å²) in [6, 6.07) is 6.35. The van der Waals surface area contributed by atoms with Crippen LogP contribution in [-0.4, -0.2) is 0 Å². The Morgan fingerprint density at radius 3 is 2.40 bits per heavy atom. The Hall–Kier alpha value is -0.0800. The minimum atomic E-state index is 1.21. The second kappa shape index (κ2) is 3.35. The molecule has 0 atom stereocenters. The van der Waals surface area contributed by atoms with Gasteiger partial charge in [0.2, 0.25) is 0 Å². The van der Waals surface area contributed by atoms with Crippen molar-refractivity contribution >= 4 is 22.5 Å². The van der Waals surface area contributed by atoms with E-state index < -0.39 is 0 Å². The van der Waals surface area contributed by atoms with Crippen LogP contribution < -0.4 is 0 Å². The van der Waals surface area contributed by atoms with Crippen molar-refractivity contribution in [2.45, 2.75) is 18.7 Å². The lowest BCUT2D eigenvalue weighted by Crippen LogP contribution is -1.78. The Morgan fingerprint density at radius 2 is 1.90 bits per heavy atom. The molecule has 0 aliphatic heterocycles. The molecule has 0 bridgehead atoms. The zero-order valence-corrected chi connectivity index (χ0v) is 7.80. The fourth-order valence-electron chi connectivity index (χ4n) is 0.771. The molecule has 0 fully saturated rings. The lowest BCUT2D eigenvalue weighted by atomic mass is 10.1. The summed E-state index contributed by atoms with van der Waals surface area (Å²) >= 11 is 4.11. The topological polar surface area (TPSA) is 0 Å². The molecule has 0 radical (unpaired) electrons. The van der Waals surface area contributed by atoms with Crippen LogP contribution in [0.3, 0.4) is 0 Å². The van der Waals surface area contributed by atoms with Crippen molar-refractivity contribution in [3.63, 3.8) is 0 Å². The molecule has 0 saturated carbocycles. The first-order valence-electron chi connectivity index (χ1n) is 3.12. The number of rotatable bonds is 1. The maximum Gasteiger partial charge on any atom is 0.0183 e. The van der Waals surface area contributed by atoms with Crippen molar-refractivity contribution in [3.8, 4) is 0 Å². The van der Waals surface area contributed by atoms with Crippen molar-refractivity contribution in [1.29, 1.82) is 0 Å². The average Bonchev–Trinajstić information content (AvgIpc) is 1.95. The molecule has 0 aromatic heterocycles. The van der Waals surface area contributed by atoms with E-state index in [0.717, 1.165) is 0 Å². The average molecular weight is 170 g/mol. The van der Waals surface area contributed by atoms with E-state index in [1.54, 1.807) is 0 Å². The molecular formula is C8H10S2. The molecular weight excluding hydrogens is 160 g/mol. The predicted octanol–water partition coefficient (Wildman–Crippen LogP) is 3.24. The molecule has 1 aromatic rings. The van der Waals surface area contributed by atoms with Crippen LogP contribution in [-0.2, 0) is 0 Å². The van der Waals surface area contributed by atoms with Crippen LogP contribution in [0.1, 0.15) is 11.1 Å². The van der Waals surface area contributed by atoms with Gasteiger partial charge in [0.25, 0.3) is 0 Å². The minimum Gasteiger partial charge on any atom is -0.106 e. The SMILES string of the molecule is Cc1ccc(SS)cc1C. The van der Waals surface area contributed by atoms with Crippen molar-refractivity contribution in [3.05, 3.63) is 29.3 Å². The summed E-state index contributed by atoms with van der Waals surface area (Å²) in [6.45, 7) is 4.23. The molecule has 0 aliphatic rings. The molecule has 0 heterocycles.